The van der Waals surface area contributed by atoms with Gasteiger partial charge in [0.05, 0.1) is 31.2 Å². The van der Waals surface area contributed by atoms with E-state index in [4.69, 9.17) is 19.1 Å². The molecular weight excluding hydrogens is 374 g/mol. The van der Waals surface area contributed by atoms with E-state index in [9.17, 15) is 0 Å². The third kappa shape index (κ3) is 3.46. The van der Waals surface area contributed by atoms with Crippen molar-refractivity contribution in [3.63, 3.8) is 0 Å². The number of nitrogens with zero attached hydrogens (tertiary/aromatic N) is 3. The number of fused-ring (bicyclic) bond motifs is 1. The van der Waals surface area contributed by atoms with Crippen molar-refractivity contribution in [2.75, 3.05) is 7.11 Å². The topological polar surface area (TPSA) is 52.6 Å². The van der Waals surface area contributed by atoms with Crippen LogP contribution in [-0.2, 0) is 12.8 Å². The second-order valence-electron chi connectivity index (χ2n) is 7.12. The molecule has 5 nitrogen and oxygen atoms in total. The summed E-state index contributed by atoms with van der Waals surface area (Å²) >= 11 is 0. The fourth-order valence-corrected chi connectivity index (χ4v) is 3.70. The lowest BCUT2D eigenvalue weighted by atomic mass is 10.1. The summed E-state index contributed by atoms with van der Waals surface area (Å²) in [6.45, 7) is 0. The summed E-state index contributed by atoms with van der Waals surface area (Å²) < 4.78 is 13.3. The van der Waals surface area contributed by atoms with Crippen LogP contribution in [0.25, 0.3) is 16.9 Å². The molecule has 0 spiro atoms. The Bertz CT molecular complexity index is 1260. The summed E-state index contributed by atoms with van der Waals surface area (Å²) in [5, 5.41) is 0. The number of methoxy groups -OCH3 is 1. The predicted octanol–water partition coefficient (Wildman–Crippen LogP) is 5.18. The van der Waals surface area contributed by atoms with Crippen molar-refractivity contribution in [2.24, 2.45) is 0 Å². The first-order chi connectivity index (χ1) is 14.8. The Labute approximate surface area is 174 Å². The molecule has 0 N–H and O–H groups in total. The molecule has 3 heterocycles. The van der Waals surface area contributed by atoms with Crippen molar-refractivity contribution in [1.29, 1.82) is 0 Å². The van der Waals surface area contributed by atoms with Crippen molar-refractivity contribution in [3.05, 3.63) is 108 Å². The van der Waals surface area contributed by atoms with E-state index in [1.165, 1.54) is 5.56 Å². The van der Waals surface area contributed by atoms with Gasteiger partial charge in [-0.25, -0.2) is 9.97 Å². The lowest BCUT2D eigenvalue weighted by Crippen LogP contribution is -2.02. The summed E-state index contributed by atoms with van der Waals surface area (Å²) in [6.07, 6.45) is 4.92. The second-order valence-corrected chi connectivity index (χ2v) is 7.12. The fourth-order valence-electron chi connectivity index (χ4n) is 3.70. The van der Waals surface area contributed by atoms with Gasteiger partial charge >= 0.3 is 0 Å². The van der Waals surface area contributed by atoms with Crippen molar-refractivity contribution >= 4 is 5.65 Å². The summed E-state index contributed by atoms with van der Waals surface area (Å²) in [5.41, 5.74) is 5.66. The van der Waals surface area contributed by atoms with Crippen LogP contribution < -0.4 is 4.74 Å². The first kappa shape index (κ1) is 18.2. The van der Waals surface area contributed by atoms with Gasteiger partial charge in [0.15, 0.2) is 5.65 Å². The first-order valence-electron chi connectivity index (χ1n) is 9.88. The van der Waals surface area contributed by atoms with Crippen molar-refractivity contribution in [3.8, 4) is 17.1 Å². The van der Waals surface area contributed by atoms with Gasteiger partial charge in [0.2, 0.25) is 5.88 Å². The van der Waals surface area contributed by atoms with Gasteiger partial charge in [-0.2, -0.15) is 0 Å². The van der Waals surface area contributed by atoms with Crippen LogP contribution in [0.1, 0.15) is 22.7 Å². The molecule has 30 heavy (non-hydrogen) atoms. The summed E-state index contributed by atoms with van der Waals surface area (Å²) in [5.74, 6) is 1.55. The average molecular weight is 395 g/mol. The maximum Gasteiger partial charge on any atom is 0.222 e. The normalized spacial score (nSPS) is 11.1. The van der Waals surface area contributed by atoms with Gasteiger partial charge in [0.25, 0.3) is 0 Å². The maximum absolute atomic E-state index is 5.77. The molecule has 0 saturated carbocycles. The lowest BCUT2D eigenvalue weighted by Gasteiger charge is -2.09. The van der Waals surface area contributed by atoms with E-state index >= 15 is 0 Å². The predicted molar refractivity (Wildman–Crippen MR) is 116 cm³/mol. The number of imidazole rings is 1. The third-order valence-corrected chi connectivity index (χ3v) is 5.10. The van der Waals surface area contributed by atoms with E-state index in [-0.39, 0.29) is 0 Å². The molecule has 5 rings (SSSR count). The second kappa shape index (κ2) is 7.87. The largest absolute Gasteiger partial charge is 0.481 e. The van der Waals surface area contributed by atoms with Crippen molar-refractivity contribution in [1.82, 2.24) is 14.4 Å². The SMILES string of the molecule is COc1c(Cc2ccco2)nc2c(Cc3ccccc3)nc(-c3ccccc3)cn12. The standard InChI is InChI=1S/C25H21N3O2/c1-29-25-22(16-20-13-8-14-30-20)27-24-21(15-18-9-4-2-5-10-18)26-23(17-28(24)25)19-11-6-3-7-12-19/h2-14,17H,15-16H2,1H3. The molecule has 5 heteroatoms. The van der Waals surface area contributed by atoms with Crippen LogP contribution in [0.15, 0.2) is 89.7 Å². The fraction of sp³-hybridized carbons (Fsp3) is 0.120. The summed E-state index contributed by atoms with van der Waals surface area (Å²) in [7, 11) is 1.68. The van der Waals surface area contributed by atoms with Gasteiger partial charge in [0, 0.05) is 18.2 Å². The molecular formula is C25H21N3O2. The molecule has 0 aliphatic rings. The molecule has 0 amide bonds. The number of aromatic nitrogens is 3. The zero-order chi connectivity index (χ0) is 20.3. The van der Waals surface area contributed by atoms with Crippen LogP contribution in [0, 0.1) is 0 Å². The Morgan fingerprint density at radius 1 is 0.833 bits per heavy atom. The van der Waals surface area contributed by atoms with E-state index in [0.717, 1.165) is 34.1 Å². The van der Waals surface area contributed by atoms with E-state index in [2.05, 4.69) is 24.3 Å². The van der Waals surface area contributed by atoms with Gasteiger partial charge in [-0.05, 0) is 17.7 Å². The smallest absolute Gasteiger partial charge is 0.222 e. The minimum atomic E-state index is 0.559. The number of rotatable bonds is 6. The molecule has 0 saturated heterocycles. The van der Waals surface area contributed by atoms with E-state index < -0.39 is 0 Å². The Kier molecular flexibility index (Phi) is 4.77. The molecule has 0 aliphatic heterocycles. The zero-order valence-corrected chi connectivity index (χ0v) is 16.7. The number of hydrogen-bond acceptors (Lipinski definition) is 4. The van der Waals surface area contributed by atoms with Gasteiger partial charge in [-0.1, -0.05) is 60.7 Å². The van der Waals surface area contributed by atoms with Crippen LogP contribution in [0.5, 0.6) is 5.88 Å². The van der Waals surface area contributed by atoms with Crippen molar-refractivity contribution in [2.45, 2.75) is 12.8 Å². The van der Waals surface area contributed by atoms with Crippen LogP contribution in [0.2, 0.25) is 0 Å². The Morgan fingerprint density at radius 2 is 1.60 bits per heavy atom. The number of hydrogen-bond donors (Lipinski definition) is 0. The van der Waals surface area contributed by atoms with Crippen LogP contribution >= 0.6 is 0 Å². The molecule has 0 bridgehead atoms. The molecule has 0 fully saturated rings. The highest BCUT2D eigenvalue weighted by atomic mass is 16.5. The van der Waals surface area contributed by atoms with Crippen molar-refractivity contribution < 1.29 is 9.15 Å². The minimum absolute atomic E-state index is 0.559. The quantitative estimate of drug-likeness (QED) is 0.398. The van der Waals surface area contributed by atoms with E-state index in [1.807, 2.05) is 59.1 Å². The van der Waals surface area contributed by atoms with Crippen LogP contribution in [0.3, 0.4) is 0 Å². The average Bonchev–Trinajstić information content (AvgIpc) is 3.43. The number of benzene rings is 2. The van der Waals surface area contributed by atoms with Crippen LogP contribution in [0.4, 0.5) is 0 Å². The molecule has 0 unspecified atom stereocenters. The van der Waals surface area contributed by atoms with Gasteiger partial charge in [-0.3, -0.25) is 4.40 Å². The molecule has 0 radical (unpaired) electrons. The lowest BCUT2D eigenvalue weighted by molar-refractivity contribution is 0.388. The molecule has 0 atom stereocenters. The Morgan fingerprint density at radius 3 is 2.30 bits per heavy atom. The highest BCUT2D eigenvalue weighted by Crippen LogP contribution is 2.29. The van der Waals surface area contributed by atoms with E-state index in [1.54, 1.807) is 13.4 Å². The zero-order valence-electron chi connectivity index (χ0n) is 16.7. The van der Waals surface area contributed by atoms with Gasteiger partial charge in [-0.15, -0.1) is 0 Å². The highest BCUT2D eigenvalue weighted by Gasteiger charge is 2.19. The summed E-state index contributed by atoms with van der Waals surface area (Å²) in [4.78, 5) is 9.89. The molecule has 3 aromatic heterocycles. The number of furan rings is 1. The Balaban J connectivity index is 1.69. The van der Waals surface area contributed by atoms with Gasteiger partial charge in [0.1, 0.15) is 11.5 Å². The molecule has 2 aromatic carbocycles. The molecule has 148 valence electrons. The van der Waals surface area contributed by atoms with Crippen LogP contribution in [-0.4, -0.2) is 21.5 Å². The summed E-state index contributed by atoms with van der Waals surface area (Å²) in [6, 6.07) is 24.3. The molecule has 5 aromatic rings. The monoisotopic (exact) mass is 395 g/mol. The maximum atomic E-state index is 5.77. The van der Waals surface area contributed by atoms with Gasteiger partial charge < -0.3 is 9.15 Å². The number of ether oxygens (including phenoxy) is 1. The Hall–Kier alpha value is -3.86. The third-order valence-electron chi connectivity index (χ3n) is 5.10. The molecule has 0 aliphatic carbocycles. The highest BCUT2D eigenvalue weighted by molar-refractivity contribution is 5.63. The van der Waals surface area contributed by atoms with E-state index in [0.29, 0.717) is 18.7 Å². The first-order valence-corrected chi connectivity index (χ1v) is 9.88. The minimum Gasteiger partial charge on any atom is -0.481 e.